The van der Waals surface area contributed by atoms with Crippen LogP contribution in [0.2, 0.25) is 5.02 Å². The molecule has 5 nitrogen and oxygen atoms in total. The Balaban J connectivity index is 2.03. The molecule has 0 amide bonds. The Morgan fingerprint density at radius 1 is 1.41 bits per heavy atom. The summed E-state index contributed by atoms with van der Waals surface area (Å²) in [6, 6.07) is 5.41. The predicted molar refractivity (Wildman–Crippen MR) is 86.4 cm³/mol. The van der Waals surface area contributed by atoms with E-state index in [0.717, 1.165) is 42.5 Å². The van der Waals surface area contributed by atoms with Gasteiger partial charge in [-0.15, -0.1) is 0 Å². The van der Waals surface area contributed by atoms with Gasteiger partial charge in [-0.2, -0.15) is 5.10 Å². The van der Waals surface area contributed by atoms with Gasteiger partial charge >= 0.3 is 0 Å². The van der Waals surface area contributed by atoms with Crippen LogP contribution in [-0.2, 0) is 4.74 Å². The van der Waals surface area contributed by atoms with Gasteiger partial charge in [0.25, 0.3) is 5.56 Å². The molecule has 2 aromatic heterocycles. The van der Waals surface area contributed by atoms with Crippen LogP contribution < -0.4 is 5.56 Å². The number of nitrogens with zero attached hydrogens (tertiary/aromatic N) is 2. The van der Waals surface area contributed by atoms with Crippen LogP contribution in [0.1, 0.15) is 31.2 Å². The van der Waals surface area contributed by atoms with Gasteiger partial charge in [0.1, 0.15) is 11.7 Å². The van der Waals surface area contributed by atoms with E-state index in [0.29, 0.717) is 15.9 Å². The van der Waals surface area contributed by atoms with Crippen molar-refractivity contribution in [1.82, 2.24) is 14.8 Å². The number of pyridine rings is 1. The zero-order chi connectivity index (χ0) is 15.3. The van der Waals surface area contributed by atoms with Gasteiger partial charge < -0.3 is 9.72 Å². The van der Waals surface area contributed by atoms with Gasteiger partial charge in [-0.05, 0) is 44.4 Å². The fraction of sp³-hybridized carbons (Fsp3) is 0.375. The standard InChI is InChI=1S/C16H16ClN3O2/c1-9-14-15(19-20(9)13-4-2-3-7-22-13)11-8-10(17)5-6-12(11)18-16(14)21/h5-6,8,13H,2-4,7H2,1H3,(H,18,21)/t13-/m1/s1. The van der Waals surface area contributed by atoms with Crippen LogP contribution in [0, 0.1) is 6.92 Å². The van der Waals surface area contributed by atoms with Crippen molar-refractivity contribution in [3.8, 4) is 0 Å². The fourth-order valence-electron chi connectivity index (χ4n) is 3.18. The molecule has 1 saturated heterocycles. The monoisotopic (exact) mass is 317 g/mol. The lowest BCUT2D eigenvalue weighted by Crippen LogP contribution is -2.20. The summed E-state index contributed by atoms with van der Waals surface area (Å²) in [5.74, 6) is 0. The van der Waals surface area contributed by atoms with Crippen molar-refractivity contribution in [2.24, 2.45) is 0 Å². The first-order valence-electron chi connectivity index (χ1n) is 7.47. The molecular formula is C16H16ClN3O2. The maximum atomic E-state index is 12.4. The molecule has 0 radical (unpaired) electrons. The summed E-state index contributed by atoms with van der Waals surface area (Å²) < 4.78 is 7.66. The number of H-pyrrole nitrogens is 1. The van der Waals surface area contributed by atoms with Crippen LogP contribution in [-0.4, -0.2) is 21.4 Å². The topological polar surface area (TPSA) is 59.9 Å². The number of ether oxygens (including phenoxy) is 1. The van der Waals surface area contributed by atoms with Gasteiger partial charge in [0.15, 0.2) is 0 Å². The van der Waals surface area contributed by atoms with Crippen LogP contribution in [0.3, 0.4) is 0 Å². The maximum absolute atomic E-state index is 12.4. The minimum atomic E-state index is -0.121. The molecule has 1 N–H and O–H groups in total. The lowest BCUT2D eigenvalue weighted by molar-refractivity contribution is -0.0402. The van der Waals surface area contributed by atoms with Gasteiger partial charge in [-0.25, -0.2) is 4.68 Å². The summed E-state index contributed by atoms with van der Waals surface area (Å²) in [6.45, 7) is 2.65. The van der Waals surface area contributed by atoms with Gasteiger partial charge in [0, 0.05) is 17.0 Å². The molecule has 4 rings (SSSR count). The van der Waals surface area contributed by atoms with Crippen LogP contribution in [0.25, 0.3) is 21.8 Å². The first-order chi connectivity index (χ1) is 10.6. The summed E-state index contributed by atoms with van der Waals surface area (Å²) in [7, 11) is 0. The molecule has 3 aromatic rings. The van der Waals surface area contributed by atoms with E-state index in [1.54, 1.807) is 6.07 Å². The van der Waals surface area contributed by atoms with Crippen LogP contribution in [0.5, 0.6) is 0 Å². The lowest BCUT2D eigenvalue weighted by Gasteiger charge is -2.23. The Kier molecular flexibility index (Phi) is 3.20. The van der Waals surface area contributed by atoms with E-state index in [9.17, 15) is 4.79 Å². The Hall–Kier alpha value is -1.85. The van der Waals surface area contributed by atoms with E-state index in [-0.39, 0.29) is 11.8 Å². The molecule has 22 heavy (non-hydrogen) atoms. The number of aryl methyl sites for hydroxylation is 1. The summed E-state index contributed by atoms with van der Waals surface area (Å²) >= 11 is 6.10. The summed E-state index contributed by atoms with van der Waals surface area (Å²) in [4.78, 5) is 15.3. The number of aromatic nitrogens is 3. The summed E-state index contributed by atoms with van der Waals surface area (Å²) in [5, 5.41) is 6.78. The lowest BCUT2D eigenvalue weighted by atomic mass is 10.1. The van der Waals surface area contributed by atoms with Crippen molar-refractivity contribution in [3.05, 3.63) is 39.3 Å². The molecule has 1 aromatic carbocycles. The van der Waals surface area contributed by atoms with Gasteiger partial charge in [-0.1, -0.05) is 11.6 Å². The van der Waals surface area contributed by atoms with Gasteiger partial charge in [0.2, 0.25) is 0 Å². The zero-order valence-electron chi connectivity index (χ0n) is 12.2. The molecule has 114 valence electrons. The fourth-order valence-corrected chi connectivity index (χ4v) is 3.35. The van der Waals surface area contributed by atoms with E-state index in [4.69, 9.17) is 16.3 Å². The third-order valence-electron chi connectivity index (χ3n) is 4.29. The molecule has 6 heteroatoms. The highest BCUT2D eigenvalue weighted by Gasteiger charge is 2.22. The second kappa shape index (κ2) is 5.11. The molecule has 1 fully saturated rings. The maximum Gasteiger partial charge on any atom is 0.259 e. The number of halogens is 1. The molecule has 0 aliphatic carbocycles. The van der Waals surface area contributed by atoms with E-state index in [1.807, 2.05) is 23.7 Å². The number of rotatable bonds is 1. The minimum Gasteiger partial charge on any atom is -0.357 e. The number of benzene rings is 1. The van der Waals surface area contributed by atoms with E-state index >= 15 is 0 Å². The molecule has 0 spiro atoms. The second-order valence-corrected chi connectivity index (χ2v) is 6.16. The van der Waals surface area contributed by atoms with Crippen molar-refractivity contribution < 1.29 is 4.74 Å². The number of hydrogen-bond donors (Lipinski definition) is 1. The Bertz CT molecular complexity index is 922. The number of nitrogens with one attached hydrogen (secondary N) is 1. The minimum absolute atomic E-state index is 0.0882. The summed E-state index contributed by atoms with van der Waals surface area (Å²) in [6.07, 6.45) is 3.03. The number of hydrogen-bond acceptors (Lipinski definition) is 3. The molecule has 0 bridgehead atoms. The van der Waals surface area contributed by atoms with Crippen LogP contribution in [0.15, 0.2) is 23.0 Å². The molecule has 3 heterocycles. The molecular weight excluding hydrogens is 302 g/mol. The van der Waals surface area contributed by atoms with E-state index in [2.05, 4.69) is 10.1 Å². The quantitative estimate of drug-likeness (QED) is 0.746. The molecule has 1 aliphatic rings. The highest BCUT2D eigenvalue weighted by molar-refractivity contribution is 6.31. The molecule has 0 unspecified atom stereocenters. The molecule has 1 atom stereocenters. The van der Waals surface area contributed by atoms with Crippen molar-refractivity contribution in [2.45, 2.75) is 32.4 Å². The first kappa shape index (κ1) is 13.8. The average Bonchev–Trinajstić information content (AvgIpc) is 2.88. The summed E-state index contributed by atoms with van der Waals surface area (Å²) in [5.41, 5.74) is 2.15. The third-order valence-corrected chi connectivity index (χ3v) is 4.53. The Labute approximate surface area is 131 Å². The van der Waals surface area contributed by atoms with E-state index in [1.165, 1.54) is 0 Å². The third kappa shape index (κ3) is 2.04. The predicted octanol–water partition coefficient (Wildman–Crippen LogP) is 3.54. The van der Waals surface area contributed by atoms with Gasteiger partial charge in [0.05, 0.1) is 16.6 Å². The Morgan fingerprint density at radius 2 is 2.27 bits per heavy atom. The average molecular weight is 318 g/mol. The SMILES string of the molecule is Cc1c2c(=O)[nH]c3ccc(Cl)cc3c2nn1[C@H]1CCCCO1. The van der Waals surface area contributed by atoms with Crippen LogP contribution >= 0.6 is 11.6 Å². The Morgan fingerprint density at radius 3 is 3.05 bits per heavy atom. The van der Waals surface area contributed by atoms with Crippen molar-refractivity contribution in [1.29, 1.82) is 0 Å². The van der Waals surface area contributed by atoms with E-state index < -0.39 is 0 Å². The van der Waals surface area contributed by atoms with Crippen molar-refractivity contribution in [2.75, 3.05) is 6.61 Å². The highest BCUT2D eigenvalue weighted by Crippen LogP contribution is 2.29. The number of fused-ring (bicyclic) bond motifs is 3. The number of aromatic amines is 1. The van der Waals surface area contributed by atoms with Crippen LogP contribution in [0.4, 0.5) is 0 Å². The van der Waals surface area contributed by atoms with Crippen molar-refractivity contribution >= 4 is 33.4 Å². The van der Waals surface area contributed by atoms with Gasteiger partial charge in [-0.3, -0.25) is 4.79 Å². The zero-order valence-corrected chi connectivity index (χ0v) is 13.0. The highest BCUT2D eigenvalue weighted by atomic mass is 35.5. The normalized spacial score (nSPS) is 19.1. The molecule has 0 saturated carbocycles. The largest absolute Gasteiger partial charge is 0.357 e. The second-order valence-electron chi connectivity index (χ2n) is 5.72. The van der Waals surface area contributed by atoms with Crippen molar-refractivity contribution in [3.63, 3.8) is 0 Å². The smallest absolute Gasteiger partial charge is 0.259 e. The molecule has 1 aliphatic heterocycles. The first-order valence-corrected chi connectivity index (χ1v) is 7.85.